The molecule has 0 bridgehead atoms. The van der Waals surface area contributed by atoms with Crippen LogP contribution in [0.25, 0.3) is 21.6 Å². The molecule has 1 atom stereocenters. The van der Waals surface area contributed by atoms with E-state index >= 15 is 0 Å². The van der Waals surface area contributed by atoms with Gasteiger partial charge < -0.3 is 9.64 Å². The highest BCUT2D eigenvalue weighted by molar-refractivity contribution is 7.92. The maximum absolute atomic E-state index is 13.2. The topological polar surface area (TPSA) is 101 Å². The van der Waals surface area contributed by atoms with Crippen LogP contribution in [0.4, 0.5) is 5.82 Å². The third-order valence-corrected chi connectivity index (χ3v) is 8.55. The quantitative estimate of drug-likeness (QED) is 0.693. The first-order valence-corrected chi connectivity index (χ1v) is 11.7. The lowest BCUT2D eigenvalue weighted by Crippen LogP contribution is -2.44. The fourth-order valence-corrected chi connectivity index (χ4v) is 6.53. The molecule has 2 aliphatic rings. The first-order chi connectivity index (χ1) is 13.4. The van der Waals surface area contributed by atoms with Gasteiger partial charge in [-0.2, -0.15) is 9.47 Å². The Kier molecular flexibility index (Phi) is 4.18. The summed E-state index contributed by atoms with van der Waals surface area (Å²) in [4.78, 5) is 7.33. The van der Waals surface area contributed by atoms with E-state index in [0.29, 0.717) is 46.4 Å². The molecule has 1 saturated heterocycles. The molecular weight excluding hydrogens is 398 g/mol. The van der Waals surface area contributed by atoms with Gasteiger partial charge in [-0.3, -0.25) is 5.10 Å². The first kappa shape index (κ1) is 18.0. The zero-order valence-electron chi connectivity index (χ0n) is 15.7. The number of aromatic nitrogens is 4. The third kappa shape index (κ3) is 2.90. The largest absolute Gasteiger partial charge is 0.377 e. The standard InChI is InChI=1S/C18H21N5O3S2/c1-10-7-13(21-20-10)16-17-18(27-22-16)14(28(24,25)12-3-4-12)8-15(19-17)23-5-6-26-9-11(23)2/h7-8,11-12H,3-6,9H2,1-2H3,(H,20,21)/t11-/m1/s1. The lowest BCUT2D eigenvalue weighted by Gasteiger charge is -2.34. The Morgan fingerprint density at radius 2 is 2.14 bits per heavy atom. The van der Waals surface area contributed by atoms with Crippen LogP contribution in [0.15, 0.2) is 17.0 Å². The van der Waals surface area contributed by atoms with Crippen LogP contribution in [-0.4, -0.2) is 59.0 Å². The minimum absolute atomic E-state index is 0.125. The van der Waals surface area contributed by atoms with Crippen LogP contribution < -0.4 is 4.90 Å². The van der Waals surface area contributed by atoms with Gasteiger partial charge in [-0.1, -0.05) is 0 Å². The minimum atomic E-state index is -3.39. The molecule has 2 fully saturated rings. The van der Waals surface area contributed by atoms with Crippen molar-refractivity contribution in [2.75, 3.05) is 24.7 Å². The molecule has 0 aromatic carbocycles. The van der Waals surface area contributed by atoms with Crippen LogP contribution in [0, 0.1) is 6.92 Å². The van der Waals surface area contributed by atoms with E-state index in [1.807, 2.05) is 13.0 Å². The maximum Gasteiger partial charge on any atom is 0.182 e. The first-order valence-electron chi connectivity index (χ1n) is 9.36. The van der Waals surface area contributed by atoms with Crippen molar-refractivity contribution in [1.82, 2.24) is 19.6 Å². The number of hydrogen-bond donors (Lipinski definition) is 1. The SMILES string of the molecule is Cc1cc(-c2nsc3c(S(=O)(=O)C4CC4)cc(N4CCOC[C@H]4C)nc23)[nH]n1. The van der Waals surface area contributed by atoms with Crippen LogP contribution in [0.1, 0.15) is 25.5 Å². The zero-order chi connectivity index (χ0) is 19.5. The Balaban J connectivity index is 1.74. The second-order valence-electron chi connectivity index (χ2n) is 7.47. The van der Waals surface area contributed by atoms with Crippen molar-refractivity contribution in [3.8, 4) is 11.4 Å². The molecule has 0 spiro atoms. The summed E-state index contributed by atoms with van der Waals surface area (Å²) in [6.07, 6.45) is 1.45. The molecule has 10 heteroatoms. The van der Waals surface area contributed by atoms with Crippen molar-refractivity contribution in [2.45, 2.75) is 42.9 Å². The monoisotopic (exact) mass is 419 g/mol. The number of aryl methyl sites for hydroxylation is 1. The van der Waals surface area contributed by atoms with Crippen molar-refractivity contribution in [3.63, 3.8) is 0 Å². The minimum Gasteiger partial charge on any atom is -0.377 e. The van der Waals surface area contributed by atoms with Gasteiger partial charge in [0.1, 0.15) is 17.0 Å². The van der Waals surface area contributed by atoms with E-state index in [1.165, 1.54) is 11.5 Å². The van der Waals surface area contributed by atoms with Crippen molar-refractivity contribution in [2.24, 2.45) is 0 Å². The molecule has 0 radical (unpaired) electrons. The molecular formula is C18H21N5O3S2. The number of nitrogens with zero attached hydrogens (tertiary/aromatic N) is 4. The van der Waals surface area contributed by atoms with Gasteiger partial charge in [0.2, 0.25) is 0 Å². The van der Waals surface area contributed by atoms with E-state index in [9.17, 15) is 8.42 Å². The highest BCUT2D eigenvalue weighted by Gasteiger charge is 2.39. The Labute approximate surface area is 167 Å². The van der Waals surface area contributed by atoms with Crippen LogP contribution in [0.3, 0.4) is 0 Å². The molecule has 148 valence electrons. The third-order valence-electron chi connectivity index (χ3n) is 5.27. The zero-order valence-corrected chi connectivity index (χ0v) is 17.3. The number of rotatable bonds is 4. The fourth-order valence-electron chi connectivity index (χ4n) is 3.58. The van der Waals surface area contributed by atoms with E-state index in [1.54, 1.807) is 6.07 Å². The number of hydrogen-bond acceptors (Lipinski definition) is 8. The van der Waals surface area contributed by atoms with Gasteiger partial charge >= 0.3 is 0 Å². The van der Waals surface area contributed by atoms with Crippen molar-refractivity contribution < 1.29 is 13.2 Å². The number of anilines is 1. The molecule has 8 nitrogen and oxygen atoms in total. The fraction of sp³-hybridized carbons (Fsp3) is 0.500. The van der Waals surface area contributed by atoms with Gasteiger partial charge in [-0.25, -0.2) is 13.4 Å². The summed E-state index contributed by atoms with van der Waals surface area (Å²) in [5.74, 6) is 0.667. The molecule has 1 aliphatic carbocycles. The Morgan fingerprint density at radius 3 is 2.82 bits per heavy atom. The van der Waals surface area contributed by atoms with Crippen LogP contribution in [0.2, 0.25) is 0 Å². The van der Waals surface area contributed by atoms with E-state index < -0.39 is 9.84 Å². The number of sulfone groups is 1. The maximum atomic E-state index is 13.2. The van der Waals surface area contributed by atoms with Crippen molar-refractivity contribution in [3.05, 3.63) is 17.8 Å². The lowest BCUT2D eigenvalue weighted by atomic mass is 10.2. The smallest absolute Gasteiger partial charge is 0.182 e. The molecule has 1 N–H and O–H groups in total. The average molecular weight is 420 g/mol. The van der Waals surface area contributed by atoms with E-state index in [0.717, 1.165) is 24.2 Å². The lowest BCUT2D eigenvalue weighted by molar-refractivity contribution is 0.0985. The summed E-state index contributed by atoms with van der Waals surface area (Å²) in [6, 6.07) is 3.76. The number of pyridine rings is 1. The number of H-pyrrole nitrogens is 1. The predicted molar refractivity (Wildman–Crippen MR) is 108 cm³/mol. The Bertz CT molecular complexity index is 1150. The van der Waals surface area contributed by atoms with Crippen molar-refractivity contribution in [1.29, 1.82) is 0 Å². The summed E-state index contributed by atoms with van der Waals surface area (Å²) in [6.45, 7) is 5.83. The molecule has 1 aliphatic heterocycles. The normalized spacial score (nSPS) is 20.8. The number of morpholine rings is 1. The van der Waals surface area contributed by atoms with Crippen molar-refractivity contribution >= 4 is 37.4 Å². The number of fused-ring (bicyclic) bond motifs is 1. The molecule has 28 heavy (non-hydrogen) atoms. The highest BCUT2D eigenvalue weighted by Crippen LogP contribution is 2.41. The van der Waals surface area contributed by atoms with E-state index in [-0.39, 0.29) is 11.3 Å². The van der Waals surface area contributed by atoms with Crippen LogP contribution in [-0.2, 0) is 14.6 Å². The number of nitrogens with one attached hydrogen (secondary N) is 1. The second kappa shape index (κ2) is 6.50. The van der Waals surface area contributed by atoms with Crippen LogP contribution >= 0.6 is 11.5 Å². The van der Waals surface area contributed by atoms with Gasteiger partial charge in [0, 0.05) is 12.6 Å². The molecule has 5 rings (SSSR count). The van der Waals surface area contributed by atoms with E-state index in [4.69, 9.17) is 9.72 Å². The van der Waals surface area contributed by atoms with Gasteiger partial charge in [0.15, 0.2) is 9.84 Å². The molecule has 4 heterocycles. The van der Waals surface area contributed by atoms with Gasteiger partial charge in [-0.05, 0) is 44.3 Å². The van der Waals surface area contributed by atoms with Gasteiger partial charge in [0.05, 0.1) is 45.5 Å². The molecule has 0 unspecified atom stereocenters. The number of ether oxygens (including phenoxy) is 1. The van der Waals surface area contributed by atoms with E-state index in [2.05, 4.69) is 26.4 Å². The average Bonchev–Trinajstić information content (AvgIpc) is 3.33. The Hall–Kier alpha value is -2.04. The van der Waals surface area contributed by atoms with Crippen LogP contribution in [0.5, 0.6) is 0 Å². The van der Waals surface area contributed by atoms with Gasteiger partial charge in [0.25, 0.3) is 0 Å². The summed E-state index contributed by atoms with van der Waals surface area (Å²) in [5.41, 5.74) is 2.86. The summed E-state index contributed by atoms with van der Waals surface area (Å²) >= 11 is 1.19. The summed E-state index contributed by atoms with van der Waals surface area (Å²) < 4.78 is 37.0. The highest BCUT2D eigenvalue weighted by atomic mass is 32.2. The predicted octanol–water partition coefficient (Wildman–Crippen LogP) is 2.55. The second-order valence-corrected chi connectivity index (χ2v) is 10.4. The Morgan fingerprint density at radius 1 is 1.32 bits per heavy atom. The molecule has 0 amide bonds. The molecule has 1 saturated carbocycles. The van der Waals surface area contributed by atoms with Gasteiger partial charge in [-0.15, -0.1) is 0 Å². The summed E-state index contributed by atoms with van der Waals surface area (Å²) in [7, 11) is -3.39. The molecule has 3 aromatic rings. The number of aromatic amines is 1. The molecule has 3 aromatic heterocycles. The summed E-state index contributed by atoms with van der Waals surface area (Å²) in [5, 5.41) is 6.87.